The van der Waals surface area contributed by atoms with Crippen molar-refractivity contribution in [1.29, 1.82) is 0 Å². The van der Waals surface area contributed by atoms with E-state index in [1.165, 1.54) is 5.56 Å². The van der Waals surface area contributed by atoms with Crippen LogP contribution in [0, 0.1) is 0 Å². The molecule has 1 aromatic heterocycles. The molecule has 1 aromatic carbocycles. The van der Waals surface area contributed by atoms with Gasteiger partial charge in [0, 0.05) is 19.2 Å². The van der Waals surface area contributed by atoms with E-state index in [2.05, 4.69) is 58.7 Å². The number of methoxy groups -OCH3 is 1. The highest BCUT2D eigenvalue weighted by Crippen LogP contribution is 2.24. The smallest absolute Gasteiger partial charge is 0.249 e. The van der Waals surface area contributed by atoms with Crippen LogP contribution in [0.5, 0.6) is 0 Å². The van der Waals surface area contributed by atoms with E-state index in [1.807, 2.05) is 12.1 Å². The maximum Gasteiger partial charge on any atom is 0.249 e. The molecule has 0 saturated carbocycles. The maximum absolute atomic E-state index is 11.8. The highest BCUT2D eigenvalue weighted by molar-refractivity contribution is 5.90. The number of anilines is 1. The van der Waals surface area contributed by atoms with Crippen molar-refractivity contribution in [2.45, 2.75) is 26.2 Å². The first kappa shape index (κ1) is 18.1. The van der Waals surface area contributed by atoms with E-state index in [9.17, 15) is 4.79 Å². The zero-order valence-electron chi connectivity index (χ0n) is 14.6. The lowest BCUT2D eigenvalue weighted by Crippen LogP contribution is -2.30. The molecule has 2 aromatic rings. The lowest BCUT2D eigenvalue weighted by atomic mass is 9.87. The molecule has 0 aliphatic heterocycles. The van der Waals surface area contributed by atoms with E-state index in [0.29, 0.717) is 19.0 Å². The highest BCUT2D eigenvalue weighted by atomic mass is 16.5. The van der Waals surface area contributed by atoms with Crippen LogP contribution in [0.1, 0.15) is 26.3 Å². The first-order chi connectivity index (χ1) is 11.4. The van der Waals surface area contributed by atoms with Crippen molar-refractivity contribution in [1.82, 2.24) is 20.5 Å². The van der Waals surface area contributed by atoms with Crippen LogP contribution in [0.3, 0.4) is 0 Å². The Morgan fingerprint density at radius 1 is 1.25 bits per heavy atom. The van der Waals surface area contributed by atoms with Crippen molar-refractivity contribution < 1.29 is 9.53 Å². The second-order valence-corrected chi connectivity index (χ2v) is 6.55. The Balaban J connectivity index is 1.94. The molecule has 2 rings (SSSR count). The fourth-order valence-corrected chi connectivity index (χ4v) is 2.12. The van der Waals surface area contributed by atoms with Gasteiger partial charge < -0.3 is 10.1 Å². The van der Waals surface area contributed by atoms with Gasteiger partial charge >= 0.3 is 0 Å². The molecule has 1 heterocycles. The minimum Gasteiger partial charge on any atom is -0.383 e. The lowest BCUT2D eigenvalue weighted by Gasteiger charge is -2.18. The number of nitrogens with zero attached hydrogens (tertiary/aromatic N) is 2. The molecule has 1 amide bonds. The van der Waals surface area contributed by atoms with Gasteiger partial charge in [-0.3, -0.25) is 15.2 Å². The molecule has 0 atom stereocenters. The number of amides is 1. The van der Waals surface area contributed by atoms with Crippen LogP contribution < -0.4 is 10.6 Å². The molecular weight excluding hydrogens is 306 g/mol. The number of H-pyrrole nitrogens is 1. The van der Waals surface area contributed by atoms with Crippen LogP contribution in [-0.4, -0.2) is 47.9 Å². The Hall–Kier alpha value is -2.25. The Morgan fingerprint density at radius 3 is 2.58 bits per heavy atom. The molecule has 0 saturated heterocycles. The molecule has 0 aliphatic carbocycles. The fourth-order valence-electron chi connectivity index (χ4n) is 2.12. The van der Waals surface area contributed by atoms with Gasteiger partial charge in [0.05, 0.1) is 13.2 Å². The van der Waals surface area contributed by atoms with Gasteiger partial charge in [-0.25, -0.2) is 0 Å². The van der Waals surface area contributed by atoms with Crippen LogP contribution in [0.2, 0.25) is 0 Å². The summed E-state index contributed by atoms with van der Waals surface area (Å²) in [6.07, 6.45) is 0. The predicted octanol–water partition coefficient (Wildman–Crippen LogP) is 1.94. The average Bonchev–Trinajstić information content (AvgIpc) is 2.99. The van der Waals surface area contributed by atoms with E-state index in [4.69, 9.17) is 4.74 Å². The SMILES string of the molecule is COCCNCC(=O)Nc1n[nH]c(-c2ccc(C(C)(C)C)cc2)n1. The molecule has 0 bridgehead atoms. The molecule has 3 N–H and O–H groups in total. The largest absolute Gasteiger partial charge is 0.383 e. The second-order valence-electron chi connectivity index (χ2n) is 6.55. The number of aromatic amines is 1. The summed E-state index contributed by atoms with van der Waals surface area (Å²) in [7, 11) is 1.62. The van der Waals surface area contributed by atoms with Gasteiger partial charge in [0.15, 0.2) is 5.82 Å². The number of nitrogens with one attached hydrogen (secondary N) is 3. The normalized spacial score (nSPS) is 11.5. The second kappa shape index (κ2) is 8.03. The summed E-state index contributed by atoms with van der Waals surface area (Å²) in [5.74, 6) is 0.696. The minimum atomic E-state index is -0.195. The number of rotatable bonds is 7. The number of hydrogen-bond acceptors (Lipinski definition) is 5. The topological polar surface area (TPSA) is 91.9 Å². The zero-order valence-corrected chi connectivity index (χ0v) is 14.6. The summed E-state index contributed by atoms with van der Waals surface area (Å²) < 4.78 is 4.90. The molecule has 0 unspecified atom stereocenters. The van der Waals surface area contributed by atoms with Crippen LogP contribution in [0.25, 0.3) is 11.4 Å². The van der Waals surface area contributed by atoms with Gasteiger partial charge in [0.25, 0.3) is 0 Å². The van der Waals surface area contributed by atoms with E-state index in [-0.39, 0.29) is 23.8 Å². The molecule has 0 fully saturated rings. The summed E-state index contributed by atoms with van der Waals surface area (Å²) in [6.45, 7) is 7.87. The van der Waals surface area contributed by atoms with Gasteiger partial charge in [0.1, 0.15) is 0 Å². The maximum atomic E-state index is 11.8. The fraction of sp³-hybridized carbons (Fsp3) is 0.471. The van der Waals surface area contributed by atoms with Crippen molar-refractivity contribution in [3.05, 3.63) is 29.8 Å². The lowest BCUT2D eigenvalue weighted by molar-refractivity contribution is -0.115. The number of carbonyl (C=O) groups is 1. The molecule has 0 radical (unpaired) electrons. The Kier molecular flexibility index (Phi) is 6.05. The Morgan fingerprint density at radius 2 is 1.96 bits per heavy atom. The van der Waals surface area contributed by atoms with Crippen LogP contribution in [-0.2, 0) is 14.9 Å². The van der Waals surface area contributed by atoms with Crippen LogP contribution >= 0.6 is 0 Å². The molecule has 24 heavy (non-hydrogen) atoms. The number of carbonyl (C=O) groups excluding carboxylic acids is 1. The third-order valence-electron chi connectivity index (χ3n) is 3.53. The monoisotopic (exact) mass is 331 g/mol. The quantitative estimate of drug-likeness (QED) is 0.674. The molecule has 0 spiro atoms. The summed E-state index contributed by atoms with van der Waals surface area (Å²) in [6, 6.07) is 8.16. The van der Waals surface area contributed by atoms with Gasteiger partial charge in [-0.15, -0.1) is 5.10 Å². The van der Waals surface area contributed by atoms with Gasteiger partial charge in [-0.05, 0) is 11.0 Å². The van der Waals surface area contributed by atoms with Crippen molar-refractivity contribution in [2.75, 3.05) is 32.1 Å². The van der Waals surface area contributed by atoms with E-state index >= 15 is 0 Å². The predicted molar refractivity (Wildman–Crippen MR) is 93.9 cm³/mol. The van der Waals surface area contributed by atoms with Crippen molar-refractivity contribution in [3.8, 4) is 11.4 Å². The zero-order chi connectivity index (χ0) is 17.6. The van der Waals surface area contributed by atoms with Crippen molar-refractivity contribution in [3.63, 3.8) is 0 Å². The Bertz CT molecular complexity index is 658. The average molecular weight is 331 g/mol. The molecule has 7 heteroatoms. The third kappa shape index (κ3) is 5.14. The molecule has 0 aliphatic rings. The van der Waals surface area contributed by atoms with Crippen LogP contribution in [0.4, 0.5) is 5.95 Å². The summed E-state index contributed by atoms with van der Waals surface area (Å²) in [5.41, 5.74) is 2.28. The van der Waals surface area contributed by atoms with Gasteiger partial charge in [-0.2, -0.15) is 4.98 Å². The summed E-state index contributed by atoms with van der Waals surface area (Å²) >= 11 is 0. The number of ether oxygens (including phenoxy) is 1. The first-order valence-corrected chi connectivity index (χ1v) is 7.93. The standard InChI is InChI=1S/C17H25N5O2/c1-17(2,3)13-7-5-12(6-8-13)15-20-16(22-21-15)19-14(23)11-18-9-10-24-4/h5-8,18H,9-11H2,1-4H3,(H2,19,20,21,22,23). The van der Waals surface area contributed by atoms with Gasteiger partial charge in [0.2, 0.25) is 11.9 Å². The first-order valence-electron chi connectivity index (χ1n) is 7.93. The van der Waals surface area contributed by atoms with E-state index in [1.54, 1.807) is 7.11 Å². The summed E-state index contributed by atoms with van der Waals surface area (Å²) in [5, 5.41) is 12.5. The van der Waals surface area contributed by atoms with Crippen LogP contribution in [0.15, 0.2) is 24.3 Å². The third-order valence-corrected chi connectivity index (χ3v) is 3.53. The number of aromatic nitrogens is 3. The number of benzene rings is 1. The molecule has 130 valence electrons. The highest BCUT2D eigenvalue weighted by Gasteiger charge is 2.14. The minimum absolute atomic E-state index is 0.106. The summed E-state index contributed by atoms with van der Waals surface area (Å²) in [4.78, 5) is 16.1. The van der Waals surface area contributed by atoms with Gasteiger partial charge in [-0.1, -0.05) is 45.0 Å². The molecular formula is C17H25N5O2. The van der Waals surface area contributed by atoms with E-state index in [0.717, 1.165) is 5.56 Å². The van der Waals surface area contributed by atoms with Crippen molar-refractivity contribution in [2.24, 2.45) is 0 Å². The Labute approximate surface area is 142 Å². The molecule has 7 nitrogen and oxygen atoms in total. The van der Waals surface area contributed by atoms with E-state index < -0.39 is 0 Å². The number of hydrogen-bond donors (Lipinski definition) is 3. The van der Waals surface area contributed by atoms with Crippen molar-refractivity contribution >= 4 is 11.9 Å².